The standard InChI is InChI=1S/C13H25N3/c1-5-13(6-2,7-3)11-14-8-12-9-15-16(4)10-12/h9-10,14H,5-8,11H2,1-4H3. The van der Waals surface area contributed by atoms with E-state index in [2.05, 4.69) is 37.4 Å². The van der Waals surface area contributed by atoms with Crippen LogP contribution in [0.4, 0.5) is 0 Å². The molecule has 0 aromatic carbocycles. The molecule has 3 nitrogen and oxygen atoms in total. The zero-order valence-electron chi connectivity index (χ0n) is 11.1. The van der Waals surface area contributed by atoms with Gasteiger partial charge in [0.2, 0.25) is 0 Å². The van der Waals surface area contributed by atoms with Gasteiger partial charge in [0.15, 0.2) is 0 Å². The number of aromatic nitrogens is 2. The van der Waals surface area contributed by atoms with Crippen LogP contribution >= 0.6 is 0 Å². The fraction of sp³-hybridized carbons (Fsp3) is 0.769. The largest absolute Gasteiger partial charge is 0.312 e. The van der Waals surface area contributed by atoms with E-state index in [4.69, 9.17) is 0 Å². The van der Waals surface area contributed by atoms with Gasteiger partial charge in [0, 0.05) is 31.9 Å². The van der Waals surface area contributed by atoms with Crippen molar-refractivity contribution in [2.24, 2.45) is 12.5 Å². The Kier molecular flexibility index (Phi) is 5.00. The van der Waals surface area contributed by atoms with Gasteiger partial charge in [-0.1, -0.05) is 20.8 Å². The molecule has 1 rings (SSSR count). The molecule has 1 N–H and O–H groups in total. The third-order valence-corrected chi connectivity index (χ3v) is 3.84. The van der Waals surface area contributed by atoms with Gasteiger partial charge in [-0.05, 0) is 24.7 Å². The molecule has 1 aromatic rings. The number of hydrogen-bond acceptors (Lipinski definition) is 2. The minimum Gasteiger partial charge on any atom is -0.312 e. The molecule has 0 amide bonds. The van der Waals surface area contributed by atoms with Gasteiger partial charge in [-0.25, -0.2) is 0 Å². The Morgan fingerprint density at radius 3 is 2.31 bits per heavy atom. The first-order chi connectivity index (χ1) is 7.65. The molecule has 0 radical (unpaired) electrons. The molecular formula is C13H25N3. The zero-order chi connectivity index (χ0) is 12.0. The topological polar surface area (TPSA) is 29.9 Å². The highest BCUT2D eigenvalue weighted by Gasteiger charge is 2.22. The van der Waals surface area contributed by atoms with Crippen LogP contribution in [-0.4, -0.2) is 16.3 Å². The predicted molar refractivity (Wildman–Crippen MR) is 68.2 cm³/mol. The number of rotatable bonds is 7. The van der Waals surface area contributed by atoms with Crippen molar-refractivity contribution in [3.05, 3.63) is 18.0 Å². The number of aryl methyl sites for hydroxylation is 1. The molecule has 1 heterocycles. The van der Waals surface area contributed by atoms with Crippen LogP contribution in [0.5, 0.6) is 0 Å². The van der Waals surface area contributed by atoms with Crippen molar-refractivity contribution in [2.75, 3.05) is 6.54 Å². The molecule has 0 aliphatic heterocycles. The second-order valence-corrected chi connectivity index (χ2v) is 4.69. The molecule has 0 unspecified atom stereocenters. The van der Waals surface area contributed by atoms with Gasteiger partial charge in [0.25, 0.3) is 0 Å². The third kappa shape index (κ3) is 3.34. The number of hydrogen-bond donors (Lipinski definition) is 1. The Morgan fingerprint density at radius 1 is 1.25 bits per heavy atom. The Morgan fingerprint density at radius 2 is 1.88 bits per heavy atom. The van der Waals surface area contributed by atoms with Gasteiger partial charge in [-0.2, -0.15) is 5.10 Å². The van der Waals surface area contributed by atoms with Gasteiger partial charge in [0.1, 0.15) is 0 Å². The van der Waals surface area contributed by atoms with E-state index >= 15 is 0 Å². The SMILES string of the molecule is CCC(CC)(CC)CNCc1cnn(C)c1. The van der Waals surface area contributed by atoms with Crippen molar-refractivity contribution in [3.8, 4) is 0 Å². The maximum atomic E-state index is 4.17. The van der Waals surface area contributed by atoms with Crippen molar-refractivity contribution >= 4 is 0 Å². The Balaban J connectivity index is 2.39. The molecule has 1 aromatic heterocycles. The molecule has 3 heteroatoms. The lowest BCUT2D eigenvalue weighted by molar-refractivity contribution is 0.238. The van der Waals surface area contributed by atoms with Crippen LogP contribution in [0.1, 0.15) is 45.6 Å². The Bertz CT molecular complexity index is 292. The summed E-state index contributed by atoms with van der Waals surface area (Å²) in [5.74, 6) is 0. The van der Waals surface area contributed by atoms with Crippen LogP contribution in [0.2, 0.25) is 0 Å². The van der Waals surface area contributed by atoms with E-state index in [1.807, 2.05) is 17.9 Å². The van der Waals surface area contributed by atoms with Crippen molar-refractivity contribution in [3.63, 3.8) is 0 Å². The van der Waals surface area contributed by atoms with Gasteiger partial charge in [-0.3, -0.25) is 4.68 Å². The average molecular weight is 223 g/mol. The van der Waals surface area contributed by atoms with Crippen molar-refractivity contribution in [2.45, 2.75) is 46.6 Å². The number of nitrogens with zero attached hydrogens (tertiary/aromatic N) is 2. The summed E-state index contributed by atoms with van der Waals surface area (Å²) in [5.41, 5.74) is 1.74. The fourth-order valence-electron chi connectivity index (χ4n) is 2.16. The van der Waals surface area contributed by atoms with Gasteiger partial charge in [0.05, 0.1) is 6.20 Å². The highest BCUT2D eigenvalue weighted by Crippen LogP contribution is 2.29. The molecular weight excluding hydrogens is 198 g/mol. The van der Waals surface area contributed by atoms with E-state index in [9.17, 15) is 0 Å². The molecule has 0 spiro atoms. The number of nitrogens with one attached hydrogen (secondary N) is 1. The van der Waals surface area contributed by atoms with Crippen LogP contribution in [0.15, 0.2) is 12.4 Å². The molecule has 0 atom stereocenters. The first-order valence-corrected chi connectivity index (χ1v) is 6.34. The van der Waals surface area contributed by atoms with Crippen molar-refractivity contribution in [1.82, 2.24) is 15.1 Å². The van der Waals surface area contributed by atoms with Crippen LogP contribution < -0.4 is 5.32 Å². The lowest BCUT2D eigenvalue weighted by Gasteiger charge is -2.30. The highest BCUT2D eigenvalue weighted by atomic mass is 15.2. The maximum Gasteiger partial charge on any atom is 0.0534 e. The molecule has 0 saturated carbocycles. The van der Waals surface area contributed by atoms with Crippen molar-refractivity contribution < 1.29 is 0 Å². The smallest absolute Gasteiger partial charge is 0.0534 e. The molecule has 0 aliphatic rings. The van der Waals surface area contributed by atoms with E-state index in [1.54, 1.807) is 0 Å². The third-order valence-electron chi connectivity index (χ3n) is 3.84. The summed E-state index contributed by atoms with van der Waals surface area (Å²) in [6.07, 6.45) is 7.75. The molecule has 0 bridgehead atoms. The van der Waals surface area contributed by atoms with E-state index in [-0.39, 0.29) is 0 Å². The maximum absolute atomic E-state index is 4.17. The monoisotopic (exact) mass is 223 g/mol. The second-order valence-electron chi connectivity index (χ2n) is 4.69. The Labute approximate surface area is 99.2 Å². The first kappa shape index (κ1) is 13.2. The molecule has 0 saturated heterocycles. The lowest BCUT2D eigenvalue weighted by Crippen LogP contribution is -2.32. The normalized spacial score (nSPS) is 12.0. The molecule has 0 fully saturated rings. The van der Waals surface area contributed by atoms with E-state index in [0.717, 1.165) is 13.1 Å². The first-order valence-electron chi connectivity index (χ1n) is 6.34. The summed E-state index contributed by atoms with van der Waals surface area (Å²) in [5, 5.41) is 7.72. The van der Waals surface area contributed by atoms with Gasteiger partial charge >= 0.3 is 0 Å². The predicted octanol–water partition coefficient (Wildman–Crippen LogP) is 2.73. The fourth-order valence-corrected chi connectivity index (χ4v) is 2.16. The summed E-state index contributed by atoms with van der Waals surface area (Å²) < 4.78 is 1.85. The minimum atomic E-state index is 0.474. The van der Waals surface area contributed by atoms with E-state index in [0.29, 0.717) is 5.41 Å². The summed E-state index contributed by atoms with van der Waals surface area (Å²) in [4.78, 5) is 0. The van der Waals surface area contributed by atoms with Crippen molar-refractivity contribution in [1.29, 1.82) is 0 Å². The second kappa shape index (κ2) is 6.04. The summed E-state index contributed by atoms with van der Waals surface area (Å²) in [6, 6.07) is 0. The summed E-state index contributed by atoms with van der Waals surface area (Å²) in [7, 11) is 1.96. The van der Waals surface area contributed by atoms with Gasteiger partial charge < -0.3 is 5.32 Å². The van der Waals surface area contributed by atoms with Crippen LogP contribution in [0, 0.1) is 5.41 Å². The summed E-state index contributed by atoms with van der Waals surface area (Å²) >= 11 is 0. The summed E-state index contributed by atoms with van der Waals surface area (Å²) in [6.45, 7) is 8.90. The van der Waals surface area contributed by atoms with E-state index in [1.165, 1.54) is 24.8 Å². The molecule has 16 heavy (non-hydrogen) atoms. The zero-order valence-corrected chi connectivity index (χ0v) is 11.1. The molecule has 0 aliphatic carbocycles. The lowest BCUT2D eigenvalue weighted by atomic mass is 9.80. The molecule has 92 valence electrons. The van der Waals surface area contributed by atoms with Crippen LogP contribution in [0.25, 0.3) is 0 Å². The van der Waals surface area contributed by atoms with Crippen LogP contribution in [0.3, 0.4) is 0 Å². The average Bonchev–Trinajstić information content (AvgIpc) is 2.71. The van der Waals surface area contributed by atoms with E-state index < -0.39 is 0 Å². The minimum absolute atomic E-state index is 0.474. The highest BCUT2D eigenvalue weighted by molar-refractivity contribution is 5.02. The Hall–Kier alpha value is -0.830. The van der Waals surface area contributed by atoms with Gasteiger partial charge in [-0.15, -0.1) is 0 Å². The van der Waals surface area contributed by atoms with Crippen LogP contribution in [-0.2, 0) is 13.6 Å². The quantitative estimate of drug-likeness (QED) is 0.770.